The van der Waals surface area contributed by atoms with Crippen LogP contribution >= 0.6 is 11.8 Å². The second kappa shape index (κ2) is 7.82. The lowest BCUT2D eigenvalue weighted by Gasteiger charge is -2.22. The summed E-state index contributed by atoms with van der Waals surface area (Å²) in [5.41, 5.74) is 0.251. The molecule has 1 aromatic carbocycles. The van der Waals surface area contributed by atoms with Gasteiger partial charge in [0.25, 0.3) is 11.1 Å². The maximum Gasteiger partial charge on any atom is 0.294 e. The van der Waals surface area contributed by atoms with Gasteiger partial charge in [-0.05, 0) is 56.3 Å². The van der Waals surface area contributed by atoms with Gasteiger partial charge in [0.05, 0.1) is 19.1 Å². The predicted octanol–water partition coefficient (Wildman–Crippen LogP) is 2.65. The minimum atomic E-state index is -0.487. The lowest BCUT2D eigenvalue weighted by atomic mass is 10.1. The lowest BCUT2D eigenvalue weighted by Crippen LogP contribution is -2.46. The third-order valence-corrected chi connectivity index (χ3v) is 4.30. The van der Waals surface area contributed by atoms with Crippen molar-refractivity contribution in [3.8, 4) is 11.5 Å². The van der Waals surface area contributed by atoms with Gasteiger partial charge in [0.1, 0.15) is 6.54 Å². The Labute approximate surface area is 156 Å². The van der Waals surface area contributed by atoms with Crippen LogP contribution in [0.25, 0.3) is 6.08 Å². The van der Waals surface area contributed by atoms with Gasteiger partial charge in [-0.2, -0.15) is 0 Å². The molecule has 0 aromatic heterocycles. The van der Waals surface area contributed by atoms with E-state index in [1.165, 1.54) is 14.2 Å². The number of carbonyl (C=O) groups is 3. The molecule has 8 heteroatoms. The van der Waals surface area contributed by atoms with E-state index in [1.807, 2.05) is 20.8 Å². The fraction of sp³-hybridized carbons (Fsp3) is 0.389. The van der Waals surface area contributed by atoms with Crippen LogP contribution in [0.5, 0.6) is 11.5 Å². The number of rotatable bonds is 5. The number of nitrogens with zero attached hydrogens (tertiary/aromatic N) is 1. The van der Waals surface area contributed by atoms with Gasteiger partial charge >= 0.3 is 0 Å². The molecule has 1 fully saturated rings. The number of nitrogens with one attached hydrogen (secondary N) is 1. The topological polar surface area (TPSA) is 84.9 Å². The van der Waals surface area contributed by atoms with Gasteiger partial charge in [-0.1, -0.05) is 6.07 Å². The average Bonchev–Trinajstić information content (AvgIpc) is 2.80. The van der Waals surface area contributed by atoms with Crippen LogP contribution in [0.1, 0.15) is 26.3 Å². The number of amides is 3. The first-order valence-electron chi connectivity index (χ1n) is 7.93. The monoisotopic (exact) mass is 378 g/mol. The van der Waals surface area contributed by atoms with Crippen molar-refractivity contribution < 1.29 is 23.9 Å². The molecule has 26 heavy (non-hydrogen) atoms. The van der Waals surface area contributed by atoms with Crippen molar-refractivity contribution in [2.24, 2.45) is 0 Å². The molecule has 3 amide bonds. The molecule has 1 aliphatic rings. The smallest absolute Gasteiger partial charge is 0.294 e. The normalized spacial score (nSPS) is 16.2. The summed E-state index contributed by atoms with van der Waals surface area (Å²) in [7, 11) is 3.05. The van der Waals surface area contributed by atoms with E-state index in [4.69, 9.17) is 9.47 Å². The second-order valence-electron chi connectivity index (χ2n) is 6.68. The average molecular weight is 378 g/mol. The lowest BCUT2D eigenvalue weighted by molar-refractivity contribution is -0.130. The molecule has 2 rings (SSSR count). The Bertz CT molecular complexity index is 767. The van der Waals surface area contributed by atoms with E-state index in [9.17, 15) is 14.4 Å². The van der Waals surface area contributed by atoms with E-state index >= 15 is 0 Å². The quantitative estimate of drug-likeness (QED) is 0.793. The molecule has 1 heterocycles. The predicted molar refractivity (Wildman–Crippen MR) is 100 cm³/mol. The summed E-state index contributed by atoms with van der Waals surface area (Å²) in [6.07, 6.45) is 1.59. The van der Waals surface area contributed by atoms with Crippen LogP contribution in [0.3, 0.4) is 0 Å². The van der Waals surface area contributed by atoms with Gasteiger partial charge in [0, 0.05) is 5.54 Å². The fourth-order valence-electron chi connectivity index (χ4n) is 2.33. The van der Waals surface area contributed by atoms with Crippen molar-refractivity contribution in [1.29, 1.82) is 0 Å². The molecule has 1 N–H and O–H groups in total. The van der Waals surface area contributed by atoms with E-state index in [1.54, 1.807) is 24.3 Å². The zero-order valence-corrected chi connectivity index (χ0v) is 16.2. The number of imide groups is 1. The minimum absolute atomic E-state index is 0.255. The molecule has 0 spiro atoms. The molecule has 0 unspecified atom stereocenters. The standard InChI is InChI=1S/C18H22N2O5S/c1-18(2,3)19-15(21)10-20-16(22)14(26-17(20)23)9-11-6-7-12(24-4)13(8-11)25-5/h6-9H,10H2,1-5H3,(H,19,21). The van der Waals surface area contributed by atoms with Crippen molar-refractivity contribution in [2.45, 2.75) is 26.3 Å². The summed E-state index contributed by atoms with van der Waals surface area (Å²) in [6.45, 7) is 5.19. The Morgan fingerprint density at radius 3 is 2.42 bits per heavy atom. The van der Waals surface area contributed by atoms with E-state index < -0.39 is 16.7 Å². The number of benzene rings is 1. The van der Waals surface area contributed by atoms with Crippen LogP contribution < -0.4 is 14.8 Å². The molecule has 140 valence electrons. The first-order chi connectivity index (χ1) is 12.1. The van der Waals surface area contributed by atoms with Crippen molar-refractivity contribution >= 4 is 34.9 Å². The molecule has 0 bridgehead atoms. The van der Waals surface area contributed by atoms with Gasteiger partial charge < -0.3 is 14.8 Å². The van der Waals surface area contributed by atoms with Crippen molar-refractivity contribution in [3.63, 3.8) is 0 Å². The summed E-state index contributed by atoms with van der Waals surface area (Å²) in [5, 5.41) is 2.27. The number of carbonyl (C=O) groups excluding carboxylic acids is 3. The number of thioether (sulfide) groups is 1. The Morgan fingerprint density at radius 1 is 1.19 bits per heavy atom. The van der Waals surface area contributed by atoms with Gasteiger partial charge in [-0.25, -0.2) is 0 Å². The second-order valence-corrected chi connectivity index (χ2v) is 7.67. The first kappa shape index (κ1) is 19.8. The Morgan fingerprint density at radius 2 is 1.85 bits per heavy atom. The summed E-state index contributed by atoms with van der Waals surface area (Å²) < 4.78 is 10.4. The van der Waals surface area contributed by atoms with E-state index in [-0.39, 0.29) is 17.4 Å². The Kier molecular flexibility index (Phi) is 5.97. The van der Waals surface area contributed by atoms with Crippen molar-refractivity contribution in [2.75, 3.05) is 20.8 Å². The van der Waals surface area contributed by atoms with Gasteiger partial charge in [0.15, 0.2) is 11.5 Å². The first-order valence-corrected chi connectivity index (χ1v) is 8.74. The summed E-state index contributed by atoms with van der Waals surface area (Å²) >= 11 is 0.806. The molecule has 0 aliphatic carbocycles. The number of ether oxygens (including phenoxy) is 2. The third-order valence-electron chi connectivity index (χ3n) is 3.40. The van der Waals surface area contributed by atoms with E-state index in [2.05, 4.69) is 5.32 Å². The fourth-order valence-corrected chi connectivity index (χ4v) is 3.17. The summed E-state index contributed by atoms with van der Waals surface area (Å²) in [6, 6.07) is 5.17. The van der Waals surface area contributed by atoms with Crippen LogP contribution in [0.2, 0.25) is 0 Å². The molecule has 7 nitrogen and oxygen atoms in total. The Balaban J connectivity index is 2.17. The molecular weight excluding hydrogens is 356 g/mol. The minimum Gasteiger partial charge on any atom is -0.493 e. The van der Waals surface area contributed by atoms with Crippen LogP contribution in [0.4, 0.5) is 4.79 Å². The van der Waals surface area contributed by atoms with Crippen molar-refractivity contribution in [3.05, 3.63) is 28.7 Å². The Hall–Kier alpha value is -2.48. The molecular formula is C18H22N2O5S. The zero-order valence-electron chi connectivity index (χ0n) is 15.4. The molecule has 0 atom stereocenters. The summed E-state index contributed by atoms with van der Waals surface area (Å²) in [5.74, 6) is 0.215. The van der Waals surface area contributed by atoms with Crippen LogP contribution in [-0.4, -0.2) is 48.3 Å². The maximum absolute atomic E-state index is 12.5. The summed E-state index contributed by atoms with van der Waals surface area (Å²) in [4.78, 5) is 37.8. The van der Waals surface area contributed by atoms with Crippen LogP contribution in [-0.2, 0) is 9.59 Å². The van der Waals surface area contributed by atoms with Gasteiger partial charge in [-0.3, -0.25) is 19.3 Å². The molecule has 1 aliphatic heterocycles. The molecule has 1 saturated heterocycles. The van der Waals surface area contributed by atoms with Gasteiger partial charge in [0.2, 0.25) is 5.91 Å². The van der Waals surface area contributed by atoms with Crippen LogP contribution in [0.15, 0.2) is 23.1 Å². The highest BCUT2D eigenvalue weighted by Gasteiger charge is 2.36. The van der Waals surface area contributed by atoms with Gasteiger partial charge in [-0.15, -0.1) is 0 Å². The maximum atomic E-state index is 12.5. The highest BCUT2D eigenvalue weighted by atomic mass is 32.2. The van der Waals surface area contributed by atoms with E-state index in [0.717, 1.165) is 16.7 Å². The molecule has 0 saturated carbocycles. The number of hydrogen-bond acceptors (Lipinski definition) is 6. The van der Waals surface area contributed by atoms with Crippen molar-refractivity contribution in [1.82, 2.24) is 10.2 Å². The number of hydrogen-bond donors (Lipinski definition) is 1. The highest BCUT2D eigenvalue weighted by molar-refractivity contribution is 8.18. The third kappa shape index (κ3) is 4.78. The molecule has 0 radical (unpaired) electrons. The largest absolute Gasteiger partial charge is 0.493 e. The highest BCUT2D eigenvalue weighted by Crippen LogP contribution is 2.34. The SMILES string of the molecule is COc1ccc(C=C2SC(=O)N(CC(=O)NC(C)(C)C)C2=O)cc1OC. The zero-order chi connectivity index (χ0) is 19.5. The number of methoxy groups -OCH3 is 2. The van der Waals surface area contributed by atoms with E-state index in [0.29, 0.717) is 17.1 Å². The van der Waals surface area contributed by atoms with Crippen LogP contribution in [0, 0.1) is 0 Å². The molecule has 1 aromatic rings.